The summed E-state index contributed by atoms with van der Waals surface area (Å²) in [6.07, 6.45) is 72.2. The Morgan fingerprint density at radius 1 is 0.267 bits per heavy atom. The molecule has 0 fully saturated rings. The number of hydrogen-bond donors (Lipinski definition) is 3. The van der Waals surface area contributed by atoms with Crippen molar-refractivity contribution in [3.05, 3.63) is 0 Å². The van der Waals surface area contributed by atoms with Crippen molar-refractivity contribution in [2.24, 2.45) is 5.92 Å². The van der Waals surface area contributed by atoms with E-state index >= 15 is 0 Å². The van der Waals surface area contributed by atoms with Crippen molar-refractivity contribution in [3.8, 4) is 0 Å². The summed E-state index contributed by atoms with van der Waals surface area (Å²) in [5.41, 5.74) is 0. The van der Waals surface area contributed by atoms with Crippen molar-refractivity contribution < 1.29 is 80.2 Å². The fourth-order valence-electron chi connectivity index (χ4n) is 13.4. The maximum absolute atomic E-state index is 13.1. The summed E-state index contributed by atoms with van der Waals surface area (Å²) in [5, 5.41) is 10.7. The third kappa shape index (κ3) is 78.5. The molecule has 0 rings (SSSR count). The highest BCUT2D eigenvalue weighted by Gasteiger charge is 2.30. The number of phosphoric acid groups is 2. The van der Waals surface area contributed by atoms with E-state index in [0.29, 0.717) is 25.7 Å². The van der Waals surface area contributed by atoms with Gasteiger partial charge in [-0.25, -0.2) is 9.13 Å². The molecule has 624 valence electrons. The van der Waals surface area contributed by atoms with Crippen LogP contribution in [0.4, 0.5) is 0 Å². The molecular formula is C86H168O17P2. The summed E-state index contributed by atoms with van der Waals surface area (Å²) in [5.74, 6) is -1.30. The van der Waals surface area contributed by atoms with Gasteiger partial charge in [0.2, 0.25) is 0 Å². The van der Waals surface area contributed by atoms with E-state index in [1.807, 2.05) is 0 Å². The van der Waals surface area contributed by atoms with Gasteiger partial charge in [0.1, 0.15) is 19.3 Å². The number of carbonyl (C=O) groups is 4. The first-order valence-corrected chi connectivity index (χ1v) is 47.7. The average Bonchev–Trinajstić information content (AvgIpc) is 1.05. The summed E-state index contributed by atoms with van der Waals surface area (Å²) in [6.45, 7) is 7.38. The SMILES string of the molecule is CCCCCCCCCCCCCCCCCCCCCCCCC(=O)O[C@H](COC(=O)CCCCCCCCCCCCCCCCCCCC)COP(=O)(O)OC[C@@H](O)COP(=O)(O)OC[C@@H](COC(=O)CCCCCCCCCCCCC)OC(=O)CCCCCCCCCCCCC(C)CC. The van der Waals surface area contributed by atoms with Gasteiger partial charge in [0, 0.05) is 25.7 Å². The number of esters is 4. The Kier molecular flexibility index (Phi) is 77.3. The highest BCUT2D eigenvalue weighted by Crippen LogP contribution is 2.45. The molecule has 17 nitrogen and oxygen atoms in total. The van der Waals surface area contributed by atoms with Crippen molar-refractivity contribution in [2.45, 2.75) is 483 Å². The molecule has 0 aliphatic rings. The zero-order valence-corrected chi connectivity index (χ0v) is 70.7. The van der Waals surface area contributed by atoms with Gasteiger partial charge in [-0.3, -0.25) is 37.3 Å². The Hall–Kier alpha value is -1.94. The first-order chi connectivity index (χ1) is 51.1. The summed E-state index contributed by atoms with van der Waals surface area (Å²) >= 11 is 0. The van der Waals surface area contributed by atoms with E-state index < -0.39 is 97.5 Å². The third-order valence-electron chi connectivity index (χ3n) is 20.6. The Bertz CT molecular complexity index is 2000. The highest BCUT2D eigenvalue weighted by molar-refractivity contribution is 7.47. The van der Waals surface area contributed by atoms with Gasteiger partial charge in [0.25, 0.3) is 0 Å². The van der Waals surface area contributed by atoms with Crippen LogP contribution in [0.1, 0.15) is 465 Å². The molecule has 0 aliphatic carbocycles. The molecule has 3 N–H and O–H groups in total. The maximum atomic E-state index is 13.1. The molecule has 0 heterocycles. The van der Waals surface area contributed by atoms with E-state index in [-0.39, 0.29) is 25.7 Å². The summed E-state index contributed by atoms with van der Waals surface area (Å²) < 4.78 is 68.9. The predicted octanol–water partition coefficient (Wildman–Crippen LogP) is 26.4. The van der Waals surface area contributed by atoms with Crippen molar-refractivity contribution in [1.82, 2.24) is 0 Å². The van der Waals surface area contributed by atoms with Crippen LogP contribution in [-0.2, 0) is 65.4 Å². The summed E-state index contributed by atoms with van der Waals surface area (Å²) in [6, 6.07) is 0. The van der Waals surface area contributed by atoms with Crippen LogP contribution in [0.3, 0.4) is 0 Å². The molecular weight excluding hydrogens is 1370 g/mol. The minimum Gasteiger partial charge on any atom is -0.462 e. The van der Waals surface area contributed by atoms with E-state index in [1.54, 1.807) is 0 Å². The largest absolute Gasteiger partial charge is 0.472 e. The molecule has 0 amide bonds. The lowest BCUT2D eigenvalue weighted by atomic mass is 9.99. The standard InChI is InChI=1S/C86H168O17P2/c1-6-10-13-16-19-22-25-27-29-31-33-34-35-36-38-40-42-45-51-56-61-66-71-85(90)102-81(76-97-84(89)70-65-60-55-50-44-41-39-37-32-30-28-26-23-20-17-14-11-7-2)77-100-104(92,93)98-73-80(87)74-99-105(94,95)101-78-82(75-96-83(88)69-64-59-54-49-43-24-21-18-15-12-8-3)103-86(91)72-67-62-57-52-47-46-48-53-58-63-68-79(5)9-4/h79-82,87H,6-78H2,1-5H3,(H,92,93)(H,94,95)/t79?,80-,81-,82-/m1/s1. The van der Waals surface area contributed by atoms with Gasteiger partial charge in [-0.2, -0.15) is 0 Å². The van der Waals surface area contributed by atoms with Gasteiger partial charge in [-0.05, 0) is 31.6 Å². The lowest BCUT2D eigenvalue weighted by Gasteiger charge is -2.21. The molecule has 3 unspecified atom stereocenters. The molecule has 19 heteroatoms. The van der Waals surface area contributed by atoms with E-state index in [0.717, 1.165) is 95.8 Å². The van der Waals surface area contributed by atoms with Crippen LogP contribution >= 0.6 is 15.6 Å². The van der Waals surface area contributed by atoms with Crippen molar-refractivity contribution in [1.29, 1.82) is 0 Å². The molecule has 0 bridgehead atoms. The number of aliphatic hydroxyl groups excluding tert-OH is 1. The Balaban J connectivity index is 5.22. The molecule has 0 aromatic rings. The monoisotopic (exact) mass is 1540 g/mol. The smallest absolute Gasteiger partial charge is 0.462 e. The van der Waals surface area contributed by atoms with Crippen LogP contribution in [-0.4, -0.2) is 96.7 Å². The number of phosphoric ester groups is 2. The maximum Gasteiger partial charge on any atom is 0.472 e. The Morgan fingerprint density at radius 3 is 0.676 bits per heavy atom. The molecule has 0 radical (unpaired) electrons. The average molecular weight is 1540 g/mol. The Morgan fingerprint density at radius 2 is 0.457 bits per heavy atom. The first kappa shape index (κ1) is 103. The van der Waals surface area contributed by atoms with Crippen molar-refractivity contribution in [3.63, 3.8) is 0 Å². The summed E-state index contributed by atoms with van der Waals surface area (Å²) in [7, 11) is -9.93. The fraction of sp³-hybridized carbons (Fsp3) is 0.953. The number of hydrogen-bond acceptors (Lipinski definition) is 15. The van der Waals surface area contributed by atoms with Gasteiger partial charge in [-0.1, -0.05) is 413 Å². The second-order valence-electron chi connectivity index (χ2n) is 31.2. The van der Waals surface area contributed by atoms with Crippen LogP contribution in [0.5, 0.6) is 0 Å². The number of unbranched alkanes of at least 4 members (excludes halogenated alkanes) is 57. The topological polar surface area (TPSA) is 237 Å². The number of aliphatic hydroxyl groups is 1. The quantitative estimate of drug-likeness (QED) is 0.0222. The van der Waals surface area contributed by atoms with E-state index in [1.165, 1.54) is 289 Å². The number of carbonyl (C=O) groups excluding carboxylic acids is 4. The third-order valence-corrected chi connectivity index (χ3v) is 22.5. The normalized spacial score (nSPS) is 14.0. The number of ether oxygens (including phenoxy) is 4. The molecule has 6 atom stereocenters. The lowest BCUT2D eigenvalue weighted by molar-refractivity contribution is -0.161. The van der Waals surface area contributed by atoms with E-state index in [2.05, 4.69) is 34.6 Å². The van der Waals surface area contributed by atoms with Crippen molar-refractivity contribution >= 4 is 39.5 Å². The second kappa shape index (κ2) is 78.7. The molecule has 0 aromatic heterocycles. The highest BCUT2D eigenvalue weighted by atomic mass is 31.2. The predicted molar refractivity (Wildman–Crippen MR) is 432 cm³/mol. The molecule has 0 aromatic carbocycles. The van der Waals surface area contributed by atoms with Gasteiger partial charge in [0.15, 0.2) is 12.2 Å². The van der Waals surface area contributed by atoms with Gasteiger partial charge >= 0.3 is 39.5 Å². The van der Waals surface area contributed by atoms with Crippen LogP contribution in [0, 0.1) is 5.92 Å². The van der Waals surface area contributed by atoms with Crippen LogP contribution in [0.15, 0.2) is 0 Å². The second-order valence-corrected chi connectivity index (χ2v) is 34.1. The minimum absolute atomic E-state index is 0.107. The molecule has 0 aliphatic heterocycles. The van der Waals surface area contributed by atoms with Gasteiger partial charge < -0.3 is 33.8 Å². The van der Waals surface area contributed by atoms with Crippen LogP contribution in [0.2, 0.25) is 0 Å². The van der Waals surface area contributed by atoms with E-state index in [9.17, 15) is 43.2 Å². The number of rotatable bonds is 86. The van der Waals surface area contributed by atoms with Gasteiger partial charge in [-0.15, -0.1) is 0 Å². The van der Waals surface area contributed by atoms with Crippen LogP contribution < -0.4 is 0 Å². The van der Waals surface area contributed by atoms with E-state index in [4.69, 9.17) is 37.0 Å². The van der Waals surface area contributed by atoms with Gasteiger partial charge in [0.05, 0.1) is 26.4 Å². The van der Waals surface area contributed by atoms with Crippen LogP contribution in [0.25, 0.3) is 0 Å². The molecule has 105 heavy (non-hydrogen) atoms. The minimum atomic E-state index is -4.97. The first-order valence-electron chi connectivity index (χ1n) is 44.7. The zero-order valence-electron chi connectivity index (χ0n) is 68.9. The summed E-state index contributed by atoms with van der Waals surface area (Å²) in [4.78, 5) is 73.2. The van der Waals surface area contributed by atoms with Crippen molar-refractivity contribution in [2.75, 3.05) is 39.6 Å². The molecule has 0 saturated carbocycles. The lowest BCUT2D eigenvalue weighted by Crippen LogP contribution is -2.30. The zero-order chi connectivity index (χ0) is 76.9. The fourth-order valence-corrected chi connectivity index (χ4v) is 15.0. The molecule has 0 saturated heterocycles. The Labute approximate surface area is 645 Å². The molecule has 0 spiro atoms.